The van der Waals surface area contributed by atoms with Gasteiger partial charge in [-0.3, -0.25) is 28.5 Å². The van der Waals surface area contributed by atoms with Crippen LogP contribution in [0.25, 0.3) is 0 Å². The van der Waals surface area contributed by atoms with Crippen molar-refractivity contribution >= 4 is 26.0 Å². The van der Waals surface area contributed by atoms with Crippen molar-refractivity contribution in [2.45, 2.75) is 90.1 Å². The van der Waals surface area contributed by atoms with E-state index in [4.69, 9.17) is 4.52 Å². The van der Waals surface area contributed by atoms with E-state index in [1.165, 1.54) is 18.6 Å². The van der Waals surface area contributed by atoms with Gasteiger partial charge in [-0.05, 0) is 37.5 Å². The molecule has 2 fully saturated rings. The van der Waals surface area contributed by atoms with E-state index in [9.17, 15) is 23.8 Å². The molecule has 0 aromatic carbocycles. The molecular weight excluding hydrogens is 473 g/mol. The van der Waals surface area contributed by atoms with Gasteiger partial charge in [0.15, 0.2) is 0 Å². The Hall–Kier alpha value is -2.36. The lowest BCUT2D eigenvalue weighted by molar-refractivity contribution is -0.144. The lowest BCUT2D eigenvalue weighted by Crippen LogP contribution is -2.58. The van der Waals surface area contributed by atoms with E-state index >= 15 is 0 Å². The van der Waals surface area contributed by atoms with E-state index < -0.39 is 38.4 Å². The van der Waals surface area contributed by atoms with E-state index in [2.05, 4.69) is 20.6 Å². The topological polar surface area (TPSA) is 151 Å². The highest BCUT2D eigenvalue weighted by atomic mass is 31.1. The Morgan fingerprint density at radius 3 is 2.60 bits per heavy atom. The van der Waals surface area contributed by atoms with Gasteiger partial charge in [0.1, 0.15) is 24.0 Å². The van der Waals surface area contributed by atoms with Crippen LogP contribution in [0.5, 0.6) is 0 Å². The summed E-state index contributed by atoms with van der Waals surface area (Å²) in [6.45, 7) is 5.56. The largest absolute Gasteiger partial charge is 0.339 e. The van der Waals surface area contributed by atoms with Crippen LogP contribution in [-0.4, -0.2) is 61.8 Å². The van der Waals surface area contributed by atoms with Crippen LogP contribution in [-0.2, 0) is 18.7 Å². The van der Waals surface area contributed by atoms with Crippen LogP contribution in [0.3, 0.4) is 0 Å². The fraction of sp³-hybridized carbons (Fsp3) is 0.696. The standard InChI is InChI=1S/C23H36N5O6P/c1-4-7-19(34-35(32)33)26-22(30)18-12-15-8-5-6-9-17(15)28(18)23(31)20(14(2)3)27-21(29)16-13-24-10-11-25-16/h10-11,13-15,17-20,35H,4-9,12H2,1-3H3,(H,26,30)(H,27,29)(H,32,33)/t15-,17-,18+,19?,20-/m0/s1. The molecule has 2 heterocycles. The first-order chi connectivity index (χ1) is 16.7. The van der Waals surface area contributed by atoms with Crippen LogP contribution in [0.2, 0.25) is 0 Å². The summed E-state index contributed by atoms with van der Waals surface area (Å²) >= 11 is 0. The molecule has 3 rings (SSSR count). The first kappa shape index (κ1) is 27.2. The maximum absolute atomic E-state index is 13.9. The molecule has 12 heteroatoms. The average Bonchev–Trinajstić information content (AvgIpc) is 3.22. The number of rotatable bonds is 10. The molecule has 2 unspecified atom stereocenters. The van der Waals surface area contributed by atoms with Crippen LogP contribution >= 0.6 is 8.25 Å². The van der Waals surface area contributed by atoms with Crippen molar-refractivity contribution in [2.75, 3.05) is 0 Å². The van der Waals surface area contributed by atoms with Gasteiger partial charge in [-0.25, -0.2) is 4.98 Å². The van der Waals surface area contributed by atoms with Gasteiger partial charge in [0.25, 0.3) is 5.91 Å². The highest BCUT2D eigenvalue weighted by molar-refractivity contribution is 7.32. The quantitative estimate of drug-likeness (QED) is 0.320. The Balaban J connectivity index is 1.83. The highest BCUT2D eigenvalue weighted by Crippen LogP contribution is 2.40. The normalized spacial score (nSPS) is 24.4. The molecule has 3 amide bonds. The zero-order valence-corrected chi connectivity index (χ0v) is 21.5. The number of hydrogen-bond acceptors (Lipinski definition) is 7. The summed E-state index contributed by atoms with van der Waals surface area (Å²) < 4.78 is 16.3. The first-order valence-corrected chi connectivity index (χ1v) is 13.6. The number of nitrogens with one attached hydrogen (secondary N) is 2. The Bertz CT molecular complexity index is 917. The summed E-state index contributed by atoms with van der Waals surface area (Å²) in [7, 11) is -3.24. The minimum Gasteiger partial charge on any atom is -0.339 e. The third-order valence-electron chi connectivity index (χ3n) is 6.76. The van der Waals surface area contributed by atoms with Crippen LogP contribution in [0.1, 0.15) is 76.2 Å². The Kier molecular flexibility index (Phi) is 9.77. The zero-order chi connectivity index (χ0) is 25.5. The lowest BCUT2D eigenvalue weighted by atomic mass is 9.84. The van der Waals surface area contributed by atoms with Crippen molar-refractivity contribution in [3.63, 3.8) is 0 Å². The number of carbonyl (C=O) groups excluding carboxylic acids is 3. The molecule has 1 saturated carbocycles. The van der Waals surface area contributed by atoms with Gasteiger partial charge in [-0.1, -0.05) is 40.0 Å². The molecule has 3 N–H and O–H groups in total. The molecule has 1 saturated heterocycles. The molecule has 6 atom stereocenters. The summed E-state index contributed by atoms with van der Waals surface area (Å²) in [4.78, 5) is 58.8. The number of aromatic nitrogens is 2. The summed E-state index contributed by atoms with van der Waals surface area (Å²) in [6.07, 6.45) is 8.56. The number of fused-ring (bicyclic) bond motifs is 1. The molecule has 35 heavy (non-hydrogen) atoms. The third-order valence-corrected chi connectivity index (χ3v) is 7.24. The second-order valence-electron chi connectivity index (χ2n) is 9.56. The first-order valence-electron chi connectivity index (χ1n) is 12.3. The second-order valence-corrected chi connectivity index (χ2v) is 10.3. The van der Waals surface area contributed by atoms with Gasteiger partial charge >= 0.3 is 8.25 Å². The Morgan fingerprint density at radius 2 is 1.97 bits per heavy atom. The predicted octanol–water partition coefficient (Wildman–Crippen LogP) is 2.03. The molecule has 1 aliphatic heterocycles. The lowest BCUT2D eigenvalue weighted by Gasteiger charge is -2.37. The van der Waals surface area contributed by atoms with E-state index in [1.807, 2.05) is 20.8 Å². The zero-order valence-electron chi connectivity index (χ0n) is 20.5. The molecular formula is C23H36N5O6P. The molecule has 0 radical (unpaired) electrons. The number of nitrogens with zero attached hydrogens (tertiary/aromatic N) is 3. The fourth-order valence-corrected chi connectivity index (χ4v) is 5.54. The molecule has 11 nitrogen and oxygen atoms in total. The predicted molar refractivity (Wildman–Crippen MR) is 128 cm³/mol. The van der Waals surface area contributed by atoms with Crippen molar-refractivity contribution < 1.29 is 28.4 Å². The van der Waals surface area contributed by atoms with Gasteiger partial charge in [0.2, 0.25) is 11.8 Å². The molecule has 0 spiro atoms. The summed E-state index contributed by atoms with van der Waals surface area (Å²) in [5.41, 5.74) is 0.107. The molecule has 2 aliphatic rings. The van der Waals surface area contributed by atoms with E-state index in [0.29, 0.717) is 19.3 Å². The summed E-state index contributed by atoms with van der Waals surface area (Å²) in [5.74, 6) is -1.26. The van der Waals surface area contributed by atoms with E-state index in [0.717, 1.165) is 25.7 Å². The molecule has 0 bridgehead atoms. The molecule has 1 aromatic heterocycles. The smallest absolute Gasteiger partial charge is 0.318 e. The number of amides is 3. The minimum absolute atomic E-state index is 0.0933. The van der Waals surface area contributed by atoms with Crippen LogP contribution < -0.4 is 10.6 Å². The van der Waals surface area contributed by atoms with E-state index in [-0.39, 0.29) is 29.5 Å². The van der Waals surface area contributed by atoms with Crippen LogP contribution in [0, 0.1) is 11.8 Å². The minimum atomic E-state index is -3.24. The number of hydrogen-bond donors (Lipinski definition) is 3. The Morgan fingerprint density at radius 1 is 1.23 bits per heavy atom. The fourth-order valence-electron chi connectivity index (χ4n) is 5.12. The molecule has 194 valence electrons. The van der Waals surface area contributed by atoms with Gasteiger partial charge in [-0.15, -0.1) is 0 Å². The van der Waals surface area contributed by atoms with Gasteiger partial charge in [0, 0.05) is 18.4 Å². The maximum atomic E-state index is 13.9. The van der Waals surface area contributed by atoms with E-state index in [1.54, 1.807) is 4.90 Å². The monoisotopic (exact) mass is 509 g/mol. The van der Waals surface area contributed by atoms with Crippen molar-refractivity contribution in [2.24, 2.45) is 11.8 Å². The SMILES string of the molecule is CCCC(NC(=O)[C@H]1C[C@@H]2CCCC[C@@H]2N1C(=O)[C@@H](NC(=O)c1cnccn1)C(C)C)O[PH](=O)O. The van der Waals surface area contributed by atoms with Gasteiger partial charge in [-0.2, -0.15) is 0 Å². The van der Waals surface area contributed by atoms with Crippen molar-refractivity contribution in [3.8, 4) is 0 Å². The summed E-state index contributed by atoms with van der Waals surface area (Å²) in [5, 5.41) is 5.52. The molecule has 1 aliphatic carbocycles. The third kappa shape index (κ3) is 6.86. The highest BCUT2D eigenvalue weighted by Gasteiger charge is 2.49. The number of carbonyl (C=O) groups is 3. The Labute approximate surface area is 206 Å². The molecule has 1 aromatic rings. The number of likely N-dealkylation sites (tertiary alicyclic amines) is 1. The maximum Gasteiger partial charge on any atom is 0.318 e. The van der Waals surface area contributed by atoms with Crippen molar-refractivity contribution in [3.05, 3.63) is 24.3 Å². The van der Waals surface area contributed by atoms with Crippen molar-refractivity contribution in [1.29, 1.82) is 0 Å². The van der Waals surface area contributed by atoms with Crippen molar-refractivity contribution in [1.82, 2.24) is 25.5 Å². The van der Waals surface area contributed by atoms with Crippen LogP contribution in [0.15, 0.2) is 18.6 Å². The average molecular weight is 510 g/mol. The van der Waals surface area contributed by atoms with Gasteiger partial charge < -0.3 is 20.4 Å². The summed E-state index contributed by atoms with van der Waals surface area (Å²) in [6, 6.07) is -1.68. The second kappa shape index (κ2) is 12.6. The van der Waals surface area contributed by atoms with Crippen LogP contribution in [0.4, 0.5) is 0 Å². The van der Waals surface area contributed by atoms with Gasteiger partial charge in [0.05, 0.1) is 6.20 Å².